The molecule has 5 heteroatoms. The van der Waals surface area contributed by atoms with Gasteiger partial charge in [0, 0.05) is 24.0 Å². The van der Waals surface area contributed by atoms with Gasteiger partial charge in [-0.25, -0.2) is 0 Å². The molecule has 1 saturated heterocycles. The molecular weight excluding hydrogens is 358 g/mol. The average molecular weight is 384 g/mol. The van der Waals surface area contributed by atoms with Crippen LogP contribution in [0.2, 0.25) is 0 Å². The Labute approximate surface area is 147 Å². The quantitative estimate of drug-likeness (QED) is 0.391. The van der Waals surface area contributed by atoms with Gasteiger partial charge < -0.3 is 9.47 Å². The van der Waals surface area contributed by atoms with E-state index in [4.69, 9.17) is 9.47 Å². The number of rotatable bonds is 8. The number of nitrogens with zero attached hydrogens (tertiary/aromatic N) is 1. The predicted octanol–water partition coefficient (Wildman–Crippen LogP) is 3.53. The van der Waals surface area contributed by atoms with Gasteiger partial charge in [-0.2, -0.15) is 0 Å². The van der Waals surface area contributed by atoms with E-state index in [-0.39, 0.29) is 5.78 Å². The molecule has 4 nitrogen and oxygen atoms in total. The first-order valence-electron chi connectivity index (χ1n) is 8.22. The van der Waals surface area contributed by atoms with Crippen LogP contribution in [0.15, 0.2) is 24.3 Å². The molecule has 0 radical (unpaired) electrons. The van der Waals surface area contributed by atoms with E-state index in [1.54, 1.807) is 0 Å². The molecule has 2 rings (SSSR count). The number of halogens is 1. The Morgan fingerprint density at radius 3 is 2.48 bits per heavy atom. The van der Waals surface area contributed by atoms with Crippen LogP contribution in [0.1, 0.15) is 37.0 Å². The van der Waals surface area contributed by atoms with Crippen LogP contribution in [-0.2, 0) is 4.74 Å². The van der Waals surface area contributed by atoms with Gasteiger partial charge in [0.2, 0.25) is 0 Å². The van der Waals surface area contributed by atoms with E-state index in [2.05, 4.69) is 20.8 Å². The Kier molecular flexibility index (Phi) is 7.06. The number of hydrogen-bond acceptors (Lipinski definition) is 4. The van der Waals surface area contributed by atoms with Crippen molar-refractivity contribution in [3.8, 4) is 5.75 Å². The summed E-state index contributed by atoms with van der Waals surface area (Å²) in [5.74, 6) is 0.963. The van der Waals surface area contributed by atoms with Crippen LogP contribution >= 0.6 is 15.9 Å². The minimum Gasteiger partial charge on any atom is -0.494 e. The maximum atomic E-state index is 12.8. The summed E-state index contributed by atoms with van der Waals surface area (Å²) in [6.07, 6.45) is 2.13. The van der Waals surface area contributed by atoms with Crippen LogP contribution < -0.4 is 4.74 Å². The minimum atomic E-state index is -0.512. The van der Waals surface area contributed by atoms with Gasteiger partial charge in [0.25, 0.3) is 0 Å². The Morgan fingerprint density at radius 1 is 1.22 bits per heavy atom. The molecule has 0 unspecified atom stereocenters. The van der Waals surface area contributed by atoms with Gasteiger partial charge in [-0.3, -0.25) is 9.69 Å². The highest BCUT2D eigenvalue weighted by Crippen LogP contribution is 2.23. The molecule has 0 amide bonds. The summed E-state index contributed by atoms with van der Waals surface area (Å²) in [4.78, 5) is 15.0. The number of unbranched alkanes of at least 4 members (excludes halogenated alkanes) is 1. The normalized spacial score (nSPS) is 16.3. The summed E-state index contributed by atoms with van der Waals surface area (Å²) in [5.41, 5.74) is 0.219. The molecule has 23 heavy (non-hydrogen) atoms. The van der Waals surface area contributed by atoms with E-state index in [1.807, 2.05) is 38.1 Å². The molecule has 0 N–H and O–H groups in total. The Hall–Kier alpha value is -0.910. The van der Waals surface area contributed by atoms with Crippen LogP contribution in [0.4, 0.5) is 0 Å². The van der Waals surface area contributed by atoms with E-state index in [1.165, 1.54) is 0 Å². The Morgan fingerprint density at radius 2 is 1.87 bits per heavy atom. The molecular formula is C18H26BrNO3. The molecule has 1 aliphatic heterocycles. The summed E-state index contributed by atoms with van der Waals surface area (Å²) < 4.78 is 11.1. The van der Waals surface area contributed by atoms with Crippen molar-refractivity contribution in [1.29, 1.82) is 0 Å². The molecule has 0 aliphatic carbocycles. The molecule has 1 fully saturated rings. The summed E-state index contributed by atoms with van der Waals surface area (Å²) in [6.45, 7) is 7.67. The van der Waals surface area contributed by atoms with Crippen molar-refractivity contribution in [3.63, 3.8) is 0 Å². The molecule has 128 valence electrons. The van der Waals surface area contributed by atoms with E-state index >= 15 is 0 Å². The smallest absolute Gasteiger partial charge is 0.182 e. The SMILES string of the molecule is CC(C)(C(=O)c1ccc(OCCCCBr)cc1)N1CCOCC1. The van der Waals surface area contributed by atoms with Gasteiger partial charge in [0.1, 0.15) is 5.75 Å². The van der Waals surface area contributed by atoms with Gasteiger partial charge in [-0.1, -0.05) is 15.9 Å². The first-order valence-corrected chi connectivity index (χ1v) is 9.34. The van der Waals surface area contributed by atoms with Crippen molar-refractivity contribution in [3.05, 3.63) is 29.8 Å². The second-order valence-electron chi connectivity index (χ2n) is 6.26. The monoisotopic (exact) mass is 383 g/mol. The molecule has 1 aliphatic rings. The number of benzene rings is 1. The number of alkyl halides is 1. The fourth-order valence-electron chi connectivity index (χ4n) is 2.71. The fraction of sp³-hybridized carbons (Fsp3) is 0.611. The zero-order valence-corrected chi connectivity index (χ0v) is 15.6. The average Bonchev–Trinajstić information content (AvgIpc) is 2.59. The van der Waals surface area contributed by atoms with Gasteiger partial charge in [-0.05, 0) is 51.0 Å². The second kappa shape index (κ2) is 8.81. The molecule has 0 atom stereocenters. The summed E-state index contributed by atoms with van der Waals surface area (Å²) in [6, 6.07) is 7.50. The van der Waals surface area contributed by atoms with Crippen molar-refractivity contribution < 1.29 is 14.3 Å². The number of morpholine rings is 1. The highest BCUT2D eigenvalue weighted by Gasteiger charge is 2.35. The third-order valence-electron chi connectivity index (χ3n) is 4.27. The van der Waals surface area contributed by atoms with Crippen LogP contribution in [0.5, 0.6) is 5.75 Å². The Bertz CT molecular complexity index is 495. The summed E-state index contributed by atoms with van der Waals surface area (Å²) >= 11 is 3.41. The van der Waals surface area contributed by atoms with E-state index in [0.29, 0.717) is 19.8 Å². The molecule has 0 aromatic heterocycles. The predicted molar refractivity (Wildman–Crippen MR) is 95.8 cm³/mol. The van der Waals surface area contributed by atoms with Crippen molar-refractivity contribution >= 4 is 21.7 Å². The van der Waals surface area contributed by atoms with Crippen LogP contribution in [0.25, 0.3) is 0 Å². The molecule has 0 saturated carbocycles. The highest BCUT2D eigenvalue weighted by atomic mass is 79.9. The summed E-state index contributed by atoms with van der Waals surface area (Å²) in [5, 5.41) is 1.00. The summed E-state index contributed by atoms with van der Waals surface area (Å²) in [7, 11) is 0. The number of carbonyl (C=O) groups excluding carboxylic acids is 1. The number of carbonyl (C=O) groups is 1. The zero-order chi connectivity index (χ0) is 16.7. The van der Waals surface area contributed by atoms with Gasteiger partial charge in [0.15, 0.2) is 5.78 Å². The Balaban J connectivity index is 1.96. The van der Waals surface area contributed by atoms with Gasteiger partial charge >= 0.3 is 0 Å². The van der Waals surface area contributed by atoms with Crippen molar-refractivity contribution in [2.45, 2.75) is 32.2 Å². The van der Waals surface area contributed by atoms with Gasteiger partial charge in [-0.15, -0.1) is 0 Å². The number of ketones is 1. The molecule has 1 aromatic carbocycles. The largest absolute Gasteiger partial charge is 0.494 e. The van der Waals surface area contributed by atoms with Crippen molar-refractivity contribution in [1.82, 2.24) is 4.90 Å². The van der Waals surface area contributed by atoms with E-state index < -0.39 is 5.54 Å². The van der Waals surface area contributed by atoms with Crippen LogP contribution in [0.3, 0.4) is 0 Å². The number of hydrogen-bond donors (Lipinski definition) is 0. The lowest BCUT2D eigenvalue weighted by Crippen LogP contribution is -2.54. The third-order valence-corrected chi connectivity index (χ3v) is 4.83. The van der Waals surface area contributed by atoms with Gasteiger partial charge in [0.05, 0.1) is 25.4 Å². The highest BCUT2D eigenvalue weighted by molar-refractivity contribution is 9.09. The lowest BCUT2D eigenvalue weighted by atomic mass is 9.91. The number of ether oxygens (including phenoxy) is 2. The lowest BCUT2D eigenvalue weighted by Gasteiger charge is -2.39. The van der Waals surface area contributed by atoms with E-state index in [0.717, 1.165) is 42.6 Å². The second-order valence-corrected chi connectivity index (χ2v) is 7.05. The van der Waals surface area contributed by atoms with Crippen molar-refractivity contribution in [2.24, 2.45) is 0 Å². The first kappa shape index (κ1) is 18.4. The third kappa shape index (κ3) is 5.03. The zero-order valence-electron chi connectivity index (χ0n) is 14.0. The van der Waals surface area contributed by atoms with Crippen LogP contribution in [-0.4, -0.2) is 54.5 Å². The molecule has 0 bridgehead atoms. The van der Waals surface area contributed by atoms with Crippen molar-refractivity contribution in [2.75, 3.05) is 38.2 Å². The van der Waals surface area contributed by atoms with Crippen LogP contribution in [0, 0.1) is 0 Å². The standard InChI is InChI=1S/C18H26BrNO3/c1-18(2,20-10-13-22-14-11-20)17(21)15-5-7-16(8-6-15)23-12-4-3-9-19/h5-8H,3-4,9-14H2,1-2H3. The van der Waals surface area contributed by atoms with E-state index in [9.17, 15) is 4.79 Å². The first-order chi connectivity index (χ1) is 11.1. The number of Topliss-reactive ketones (excluding diaryl/α,β-unsaturated/α-hetero) is 1. The molecule has 1 aromatic rings. The maximum Gasteiger partial charge on any atom is 0.182 e. The molecule has 1 heterocycles. The lowest BCUT2D eigenvalue weighted by molar-refractivity contribution is -0.00429. The molecule has 0 spiro atoms. The maximum absolute atomic E-state index is 12.8. The minimum absolute atomic E-state index is 0.144. The topological polar surface area (TPSA) is 38.8 Å². The fourth-order valence-corrected chi connectivity index (χ4v) is 3.10.